The maximum atomic E-state index is 2.40. The van der Waals surface area contributed by atoms with Gasteiger partial charge in [0.15, 0.2) is 38.2 Å². The second-order valence-corrected chi connectivity index (χ2v) is 25.1. The molecule has 9 heterocycles. The largest absolute Gasteiger partial charge is 0.222 e. The predicted molar refractivity (Wildman–Crippen MR) is 293 cm³/mol. The van der Waals surface area contributed by atoms with Crippen LogP contribution in [-0.2, 0) is 35.9 Å². The van der Waals surface area contributed by atoms with Crippen LogP contribution >= 0.6 is 34.0 Å². The van der Waals surface area contributed by atoms with Crippen LogP contribution in [-0.4, -0.2) is 0 Å². The summed E-state index contributed by atoms with van der Waals surface area (Å²) in [5.41, 5.74) is 18.9. The van der Waals surface area contributed by atoms with E-state index in [1.165, 1.54) is 113 Å². The summed E-state index contributed by atoms with van der Waals surface area (Å²) >= 11 is 5.59. The van der Waals surface area contributed by atoms with E-state index in [0.717, 1.165) is 19.6 Å². The first-order valence-electron chi connectivity index (χ1n) is 23.7. The lowest BCUT2D eigenvalue weighted by Gasteiger charge is -2.19. The van der Waals surface area contributed by atoms with Crippen LogP contribution in [0, 0.1) is 6.92 Å². The Bertz CT molecular complexity index is 3560. The van der Waals surface area contributed by atoms with Gasteiger partial charge in [0.25, 0.3) is 0 Å². The molecule has 0 saturated heterocycles. The van der Waals surface area contributed by atoms with Crippen LogP contribution in [0.15, 0.2) is 145 Å². The van der Waals surface area contributed by atoms with Gasteiger partial charge in [0.1, 0.15) is 0 Å². The van der Waals surface area contributed by atoms with Crippen molar-refractivity contribution in [2.75, 3.05) is 0 Å². The molecule has 6 heteroatoms. The third kappa shape index (κ3) is 8.22. The van der Waals surface area contributed by atoms with Crippen LogP contribution in [0.25, 0.3) is 74.5 Å². The number of pyridine rings is 3. The molecular formula is C62H64N3S3+3. The van der Waals surface area contributed by atoms with E-state index < -0.39 is 0 Å². The van der Waals surface area contributed by atoms with E-state index in [0.29, 0.717) is 0 Å². The zero-order valence-electron chi connectivity index (χ0n) is 40.5. The smallest absolute Gasteiger partial charge is 0.193 e. The number of aryl methyl sites for hydroxylation is 1. The van der Waals surface area contributed by atoms with E-state index in [9.17, 15) is 0 Å². The number of rotatable bonds is 1. The molecule has 0 atom stereocenters. The maximum absolute atomic E-state index is 2.40. The van der Waals surface area contributed by atoms with Gasteiger partial charge < -0.3 is 0 Å². The Morgan fingerprint density at radius 1 is 0.426 bits per heavy atom. The summed E-state index contributed by atoms with van der Waals surface area (Å²) in [4.78, 5) is 2.73. The highest BCUT2D eigenvalue weighted by Crippen LogP contribution is 2.42. The van der Waals surface area contributed by atoms with Crippen LogP contribution in [0.5, 0.6) is 0 Å². The summed E-state index contributed by atoms with van der Waals surface area (Å²) in [5.74, 6) is 0. The first-order valence-corrected chi connectivity index (χ1v) is 26.2. The van der Waals surface area contributed by atoms with Crippen molar-refractivity contribution in [3.63, 3.8) is 0 Å². The van der Waals surface area contributed by atoms with Gasteiger partial charge in [-0.25, -0.2) is 0 Å². The predicted octanol–water partition coefficient (Wildman–Crippen LogP) is 16.2. The number of fused-ring (bicyclic) bond motifs is 15. The van der Waals surface area contributed by atoms with Gasteiger partial charge >= 0.3 is 0 Å². The molecule has 6 aromatic heterocycles. The average Bonchev–Trinajstić information content (AvgIpc) is 4.15. The molecule has 0 N–H and O–H groups in total. The molecule has 0 bridgehead atoms. The Kier molecular flexibility index (Phi) is 11.5. The SMILES string of the molecule is C.CC(C)(C)c1ccc2c(c1)C[n+]1ccc3sc(-c4ccccc4)cc3c1-2.CC(C)(C)c1ccc2c(c1)C[n+]1ccc3sccc3c1-2.Cc1cc2c3[n+](ccc2s1)Cc1cc(C(C)(C)C)ccc1-3. The minimum absolute atomic E-state index is 0. The molecule has 0 amide bonds. The van der Waals surface area contributed by atoms with Gasteiger partial charge in [0, 0.05) is 58.7 Å². The number of hydrogen-bond acceptors (Lipinski definition) is 3. The highest BCUT2D eigenvalue weighted by molar-refractivity contribution is 7.22. The van der Waals surface area contributed by atoms with Crippen molar-refractivity contribution in [2.24, 2.45) is 0 Å². The summed E-state index contributed by atoms with van der Waals surface area (Å²) < 4.78 is 11.3. The second-order valence-electron chi connectivity index (χ2n) is 21.8. The van der Waals surface area contributed by atoms with Gasteiger partial charge in [-0.15, -0.1) is 34.0 Å². The van der Waals surface area contributed by atoms with E-state index >= 15 is 0 Å². The molecule has 0 fully saturated rings. The van der Waals surface area contributed by atoms with Crippen molar-refractivity contribution in [1.82, 2.24) is 0 Å². The third-order valence-electron chi connectivity index (χ3n) is 13.9. The minimum atomic E-state index is 0. The minimum Gasteiger partial charge on any atom is -0.193 e. The fraction of sp³-hybridized carbons (Fsp3) is 0.274. The second kappa shape index (κ2) is 17.0. The first kappa shape index (κ1) is 46.0. The molecule has 342 valence electrons. The van der Waals surface area contributed by atoms with Crippen molar-refractivity contribution in [2.45, 2.75) is 113 Å². The standard InChI is InChI=1S/C24H22NS.C19H20NS.C18H18NS.CH4/c1-24(2,3)18-9-10-19-17(13-18)15-25-12-11-21-20(23(19)25)14-22(26-21)16-7-5-4-6-8-16;1-12-9-16-17(21-12)7-8-20-11-13-10-14(19(2,3)4)5-6-15(13)18(16)20;1-18(2,3)13-4-5-14-12(10-13)11-19-8-6-16-15(17(14)19)7-9-20-16;/h4-14H,15H2,1-3H3;5-10H,11H2,1-4H3;4-10H,11H2,1-3H3;1H4/q3*+1;. The van der Waals surface area contributed by atoms with Gasteiger partial charge in [-0.05, 0) is 105 Å². The molecule has 0 radical (unpaired) electrons. The van der Waals surface area contributed by atoms with E-state index in [-0.39, 0.29) is 23.7 Å². The van der Waals surface area contributed by atoms with Crippen molar-refractivity contribution >= 4 is 64.3 Å². The highest BCUT2D eigenvalue weighted by Gasteiger charge is 2.33. The Morgan fingerprint density at radius 2 is 0.853 bits per heavy atom. The lowest BCUT2D eigenvalue weighted by atomic mass is 9.85. The molecule has 0 unspecified atom stereocenters. The summed E-state index contributed by atoms with van der Waals surface area (Å²) in [6.45, 7) is 25.7. The monoisotopic (exact) mass is 946 g/mol. The molecular weight excluding hydrogens is 883 g/mol. The summed E-state index contributed by atoms with van der Waals surface area (Å²) in [6.07, 6.45) is 6.72. The Balaban J connectivity index is 0.000000119. The molecule has 3 aliphatic rings. The van der Waals surface area contributed by atoms with E-state index in [4.69, 9.17) is 0 Å². The normalized spacial score (nSPS) is 13.1. The molecule has 13 rings (SSSR count). The summed E-state index contributed by atoms with van der Waals surface area (Å²) in [7, 11) is 0. The Labute approximate surface area is 415 Å². The molecule has 0 saturated carbocycles. The van der Waals surface area contributed by atoms with Crippen LogP contribution in [0.1, 0.15) is 108 Å². The number of hydrogen-bond donors (Lipinski definition) is 0. The van der Waals surface area contributed by atoms with Gasteiger partial charge in [-0.2, -0.15) is 13.7 Å². The van der Waals surface area contributed by atoms with Crippen molar-refractivity contribution in [3.8, 4) is 44.2 Å². The molecule has 10 aromatic rings. The number of benzene rings is 4. The molecule has 3 aliphatic heterocycles. The Morgan fingerprint density at radius 3 is 1.32 bits per heavy atom. The summed E-state index contributed by atoms with van der Waals surface area (Å²) in [6, 6.07) is 45.4. The Hall–Kier alpha value is -5.79. The molecule has 4 aromatic carbocycles. The van der Waals surface area contributed by atoms with Crippen LogP contribution in [0.3, 0.4) is 0 Å². The molecule has 68 heavy (non-hydrogen) atoms. The fourth-order valence-electron chi connectivity index (χ4n) is 10.2. The van der Waals surface area contributed by atoms with Crippen LogP contribution in [0.2, 0.25) is 0 Å². The van der Waals surface area contributed by atoms with Crippen molar-refractivity contribution < 1.29 is 13.7 Å². The van der Waals surface area contributed by atoms with Gasteiger partial charge in [-0.1, -0.05) is 118 Å². The number of nitrogens with zero attached hydrogens (tertiary/aromatic N) is 3. The fourth-order valence-corrected chi connectivity index (χ4v) is 13.0. The first-order chi connectivity index (χ1) is 32.0. The summed E-state index contributed by atoms with van der Waals surface area (Å²) in [5, 5.41) is 6.35. The molecule has 0 aliphatic carbocycles. The molecule has 0 spiro atoms. The maximum Gasteiger partial charge on any atom is 0.222 e. The zero-order chi connectivity index (χ0) is 46.6. The lowest BCUT2D eigenvalue weighted by molar-refractivity contribution is -0.671. The van der Waals surface area contributed by atoms with Gasteiger partial charge in [0.05, 0.1) is 32.8 Å². The average molecular weight is 947 g/mol. The van der Waals surface area contributed by atoms with Crippen molar-refractivity contribution in [3.05, 3.63) is 184 Å². The van der Waals surface area contributed by atoms with Crippen molar-refractivity contribution in [1.29, 1.82) is 0 Å². The zero-order valence-corrected chi connectivity index (χ0v) is 43.0. The highest BCUT2D eigenvalue weighted by atomic mass is 32.1. The van der Waals surface area contributed by atoms with Gasteiger partial charge in [-0.3, -0.25) is 0 Å². The lowest BCUT2D eigenvalue weighted by Crippen LogP contribution is -2.31. The van der Waals surface area contributed by atoms with E-state index in [2.05, 4.69) is 228 Å². The number of thiophene rings is 3. The number of aromatic nitrogens is 3. The topological polar surface area (TPSA) is 11.6 Å². The van der Waals surface area contributed by atoms with Gasteiger partial charge in [0.2, 0.25) is 17.1 Å². The van der Waals surface area contributed by atoms with E-state index in [1.54, 1.807) is 0 Å². The third-order valence-corrected chi connectivity index (χ3v) is 17.0. The molecule has 3 nitrogen and oxygen atoms in total. The quantitative estimate of drug-likeness (QED) is 0.145. The van der Waals surface area contributed by atoms with Crippen LogP contribution in [0.4, 0.5) is 0 Å². The van der Waals surface area contributed by atoms with E-state index in [1.807, 2.05) is 34.0 Å². The van der Waals surface area contributed by atoms with Crippen LogP contribution < -0.4 is 13.7 Å².